The lowest BCUT2D eigenvalue weighted by molar-refractivity contribution is -0.175. The number of rotatable bonds is 5. The van der Waals surface area contributed by atoms with Crippen molar-refractivity contribution in [2.24, 2.45) is 0 Å². The van der Waals surface area contributed by atoms with Gasteiger partial charge in [0, 0.05) is 13.1 Å². The van der Waals surface area contributed by atoms with E-state index in [1.54, 1.807) is 0 Å². The van der Waals surface area contributed by atoms with Crippen LogP contribution in [0.15, 0.2) is 0 Å². The smallest absolute Gasteiger partial charge is 0.373 e. The first kappa shape index (κ1) is 15.5. The molecule has 1 fully saturated rings. The molecular weight excluding hydrogens is 275 g/mol. The van der Waals surface area contributed by atoms with Crippen LogP contribution >= 0.6 is 11.6 Å². The highest BCUT2D eigenvalue weighted by Gasteiger charge is 2.28. The van der Waals surface area contributed by atoms with E-state index in [1.807, 2.05) is 0 Å². The molecule has 1 heterocycles. The van der Waals surface area contributed by atoms with Gasteiger partial charge in [0.2, 0.25) is 5.91 Å². The van der Waals surface area contributed by atoms with Crippen LogP contribution in [0.3, 0.4) is 0 Å². The number of hydrogen-bond acceptors (Lipinski definition) is 3. The van der Waals surface area contributed by atoms with Crippen LogP contribution < -0.4 is 0 Å². The number of halogens is 4. The Balaban J connectivity index is 2.20. The van der Waals surface area contributed by atoms with E-state index in [9.17, 15) is 18.0 Å². The number of hydrogen-bond donors (Lipinski definition) is 0. The van der Waals surface area contributed by atoms with E-state index in [1.165, 1.54) is 4.90 Å². The minimum absolute atomic E-state index is 0.0644. The molecule has 0 N–H and O–H groups in total. The predicted molar refractivity (Wildman–Crippen MR) is 58.5 cm³/mol. The summed E-state index contributed by atoms with van der Waals surface area (Å²) in [5.74, 6) is 0.0459. The molecule has 0 aromatic carbocycles. The van der Waals surface area contributed by atoms with Crippen molar-refractivity contribution >= 4 is 17.5 Å². The van der Waals surface area contributed by atoms with Crippen molar-refractivity contribution in [1.82, 2.24) is 4.90 Å². The van der Waals surface area contributed by atoms with Crippen molar-refractivity contribution in [3.8, 4) is 0 Å². The van der Waals surface area contributed by atoms with Gasteiger partial charge in [0.25, 0.3) is 0 Å². The zero-order valence-corrected chi connectivity index (χ0v) is 10.5. The van der Waals surface area contributed by atoms with Crippen LogP contribution in [0.4, 0.5) is 13.2 Å². The maximum atomic E-state index is 11.8. The lowest BCUT2D eigenvalue weighted by Gasteiger charge is -2.32. The molecule has 1 aliphatic heterocycles. The molecule has 8 heteroatoms. The third-order valence-corrected chi connectivity index (χ3v) is 2.73. The van der Waals surface area contributed by atoms with Crippen molar-refractivity contribution in [3.63, 3.8) is 0 Å². The average molecular weight is 290 g/mol. The first-order valence-electron chi connectivity index (χ1n) is 5.52. The summed E-state index contributed by atoms with van der Waals surface area (Å²) < 4.78 is 45.0. The van der Waals surface area contributed by atoms with Gasteiger partial charge in [-0.1, -0.05) is 0 Å². The van der Waals surface area contributed by atoms with Gasteiger partial charge in [0.1, 0.15) is 6.61 Å². The number of amides is 1. The SMILES string of the molecule is O=C(CCOCC(F)(F)F)N1CCOC(CCl)C1. The van der Waals surface area contributed by atoms with Crippen molar-refractivity contribution in [3.05, 3.63) is 0 Å². The third kappa shape index (κ3) is 5.88. The van der Waals surface area contributed by atoms with Gasteiger partial charge in [-0.25, -0.2) is 0 Å². The van der Waals surface area contributed by atoms with E-state index in [-0.39, 0.29) is 30.9 Å². The van der Waals surface area contributed by atoms with Gasteiger partial charge in [-0.15, -0.1) is 11.6 Å². The Morgan fingerprint density at radius 3 is 2.83 bits per heavy atom. The van der Waals surface area contributed by atoms with Crippen LogP contribution in [0, 0.1) is 0 Å². The number of carbonyl (C=O) groups excluding carboxylic acids is 1. The maximum absolute atomic E-state index is 11.8. The first-order valence-corrected chi connectivity index (χ1v) is 6.05. The Morgan fingerprint density at radius 2 is 2.22 bits per heavy atom. The standard InChI is InChI=1S/C10H15ClF3NO3/c11-5-8-6-15(2-4-18-8)9(16)1-3-17-7-10(12,13)14/h8H,1-7H2. The molecule has 1 amide bonds. The number of carbonyl (C=O) groups is 1. The molecule has 18 heavy (non-hydrogen) atoms. The normalized spacial score (nSPS) is 21.1. The largest absolute Gasteiger partial charge is 0.411 e. The van der Waals surface area contributed by atoms with Crippen LogP contribution in [0.2, 0.25) is 0 Å². The highest BCUT2D eigenvalue weighted by molar-refractivity contribution is 6.18. The Morgan fingerprint density at radius 1 is 1.50 bits per heavy atom. The molecular formula is C10H15ClF3NO3. The summed E-state index contributed by atoms with van der Waals surface area (Å²) in [6, 6.07) is 0. The van der Waals surface area contributed by atoms with Crippen LogP contribution in [0.5, 0.6) is 0 Å². The number of nitrogens with zero attached hydrogens (tertiary/aromatic N) is 1. The second kappa shape index (κ2) is 7.16. The van der Waals surface area contributed by atoms with Crippen molar-refractivity contribution < 1.29 is 27.4 Å². The summed E-state index contributed by atoms with van der Waals surface area (Å²) in [5.41, 5.74) is 0. The molecule has 0 bridgehead atoms. The van der Waals surface area contributed by atoms with Gasteiger partial charge < -0.3 is 14.4 Å². The summed E-state index contributed by atoms with van der Waals surface area (Å²) in [4.78, 5) is 13.2. The molecule has 1 unspecified atom stereocenters. The van der Waals surface area contributed by atoms with E-state index < -0.39 is 12.8 Å². The minimum Gasteiger partial charge on any atom is -0.373 e. The third-order valence-electron chi connectivity index (χ3n) is 2.39. The predicted octanol–water partition coefficient (Wildman–Crippen LogP) is 1.42. The summed E-state index contributed by atoms with van der Waals surface area (Å²) >= 11 is 5.61. The van der Waals surface area contributed by atoms with E-state index in [0.717, 1.165) is 0 Å². The second-order valence-electron chi connectivity index (χ2n) is 3.90. The molecule has 106 valence electrons. The number of morpholine rings is 1. The maximum Gasteiger partial charge on any atom is 0.411 e. The van der Waals surface area contributed by atoms with Gasteiger partial charge >= 0.3 is 6.18 Å². The first-order chi connectivity index (χ1) is 8.42. The highest BCUT2D eigenvalue weighted by Crippen LogP contribution is 2.14. The fourth-order valence-electron chi connectivity index (χ4n) is 1.54. The summed E-state index contributed by atoms with van der Waals surface area (Å²) in [5, 5.41) is 0. The van der Waals surface area contributed by atoms with Crippen molar-refractivity contribution in [1.29, 1.82) is 0 Å². The number of alkyl halides is 4. The molecule has 0 aromatic heterocycles. The Bertz CT molecular complexity index is 276. The van der Waals surface area contributed by atoms with E-state index in [2.05, 4.69) is 4.74 Å². The van der Waals surface area contributed by atoms with E-state index >= 15 is 0 Å². The van der Waals surface area contributed by atoms with Gasteiger partial charge in [-0.05, 0) is 0 Å². The quantitative estimate of drug-likeness (QED) is 0.568. The molecule has 1 aliphatic rings. The monoisotopic (exact) mass is 289 g/mol. The second-order valence-corrected chi connectivity index (χ2v) is 4.21. The molecule has 0 aliphatic carbocycles. The lowest BCUT2D eigenvalue weighted by atomic mass is 10.2. The molecule has 1 atom stereocenters. The molecule has 0 radical (unpaired) electrons. The minimum atomic E-state index is -4.36. The summed E-state index contributed by atoms with van der Waals surface area (Å²) in [6.45, 7) is -0.353. The molecule has 4 nitrogen and oxygen atoms in total. The fraction of sp³-hybridized carbons (Fsp3) is 0.900. The zero-order chi connectivity index (χ0) is 13.6. The summed E-state index contributed by atoms with van der Waals surface area (Å²) in [6.07, 6.45) is -4.63. The molecule has 0 aromatic rings. The van der Waals surface area contributed by atoms with Gasteiger partial charge in [0.05, 0.1) is 31.6 Å². The van der Waals surface area contributed by atoms with Gasteiger partial charge in [0.15, 0.2) is 0 Å². The van der Waals surface area contributed by atoms with Crippen LogP contribution in [-0.2, 0) is 14.3 Å². The van der Waals surface area contributed by atoms with Gasteiger partial charge in [-0.2, -0.15) is 13.2 Å². The zero-order valence-electron chi connectivity index (χ0n) is 9.71. The summed E-state index contributed by atoms with van der Waals surface area (Å²) in [7, 11) is 0. The number of ether oxygens (including phenoxy) is 2. The van der Waals surface area contributed by atoms with Crippen molar-refractivity contribution in [2.75, 3.05) is 38.8 Å². The molecule has 1 saturated heterocycles. The lowest BCUT2D eigenvalue weighted by Crippen LogP contribution is -2.46. The van der Waals surface area contributed by atoms with Crippen LogP contribution in [0.1, 0.15) is 6.42 Å². The molecule has 0 saturated carbocycles. The van der Waals surface area contributed by atoms with Crippen LogP contribution in [-0.4, -0.2) is 61.9 Å². The Kier molecular flexibility index (Phi) is 6.17. The Hall–Kier alpha value is -0.530. The molecule has 0 spiro atoms. The average Bonchev–Trinajstić information content (AvgIpc) is 2.33. The van der Waals surface area contributed by atoms with E-state index in [4.69, 9.17) is 16.3 Å². The van der Waals surface area contributed by atoms with Crippen LogP contribution in [0.25, 0.3) is 0 Å². The van der Waals surface area contributed by atoms with Crippen molar-refractivity contribution in [2.45, 2.75) is 18.7 Å². The fourth-order valence-corrected chi connectivity index (χ4v) is 1.73. The highest BCUT2D eigenvalue weighted by atomic mass is 35.5. The Labute approximate surface area is 108 Å². The molecule has 1 rings (SSSR count). The topological polar surface area (TPSA) is 38.8 Å². The van der Waals surface area contributed by atoms with Gasteiger partial charge in [-0.3, -0.25) is 4.79 Å². The van der Waals surface area contributed by atoms with E-state index in [0.29, 0.717) is 19.7 Å².